The number of phenolic OH excluding ortho intramolecular Hbond substituents is 1. The van der Waals surface area contributed by atoms with Gasteiger partial charge in [-0.1, -0.05) is 31.7 Å². The molecule has 0 saturated heterocycles. The van der Waals surface area contributed by atoms with Crippen LogP contribution in [0.25, 0.3) is 0 Å². The standard InChI is InChI=1S/C22H25N3O4S/c1-4-11(2)30-22-24-20-19(21(28)25-22)17(12-8-9-14(26)16(10-12)29-3)18-13(23-20)6-5-7-15(18)27/h8-11,17,26H,4-7H2,1-3H3,(H2,23,24,25,28). The fraction of sp³-hybridized carbons (Fsp3) is 0.409. The van der Waals surface area contributed by atoms with Crippen molar-refractivity contribution in [3.63, 3.8) is 0 Å². The zero-order chi connectivity index (χ0) is 21.4. The van der Waals surface area contributed by atoms with Crippen LogP contribution in [0.5, 0.6) is 11.5 Å². The molecule has 0 fully saturated rings. The second-order valence-electron chi connectivity index (χ2n) is 7.63. The molecule has 1 aromatic carbocycles. The van der Waals surface area contributed by atoms with Crippen LogP contribution in [0.1, 0.15) is 56.6 Å². The molecule has 1 aliphatic heterocycles. The molecule has 1 aromatic heterocycles. The summed E-state index contributed by atoms with van der Waals surface area (Å²) in [4.78, 5) is 33.6. The lowest BCUT2D eigenvalue weighted by molar-refractivity contribution is -0.116. The largest absolute Gasteiger partial charge is 0.504 e. The number of aromatic amines is 1. The Morgan fingerprint density at radius 3 is 2.87 bits per heavy atom. The van der Waals surface area contributed by atoms with Crippen LogP contribution in [0.3, 0.4) is 0 Å². The average molecular weight is 428 g/mol. The lowest BCUT2D eigenvalue weighted by Gasteiger charge is -2.33. The first kappa shape index (κ1) is 20.5. The zero-order valence-corrected chi connectivity index (χ0v) is 18.1. The number of aromatic hydroxyl groups is 1. The molecule has 1 aliphatic carbocycles. The van der Waals surface area contributed by atoms with Crippen LogP contribution in [0, 0.1) is 0 Å². The number of ketones is 1. The number of hydrogen-bond acceptors (Lipinski definition) is 7. The summed E-state index contributed by atoms with van der Waals surface area (Å²) in [5, 5.41) is 14.2. The SMILES string of the molecule is CCC(C)Sc1nc2c(c(=O)[nH]1)C(c1ccc(O)c(OC)c1)C1=C(CCCC1=O)N2. The summed E-state index contributed by atoms with van der Waals surface area (Å²) in [6, 6.07) is 4.94. The lowest BCUT2D eigenvalue weighted by atomic mass is 9.76. The third kappa shape index (κ3) is 3.60. The van der Waals surface area contributed by atoms with Gasteiger partial charge in [0.25, 0.3) is 5.56 Å². The first-order valence-electron chi connectivity index (χ1n) is 10.1. The van der Waals surface area contributed by atoms with Crippen LogP contribution in [0.2, 0.25) is 0 Å². The van der Waals surface area contributed by atoms with E-state index in [0.717, 1.165) is 25.0 Å². The van der Waals surface area contributed by atoms with Gasteiger partial charge in [0.1, 0.15) is 5.82 Å². The van der Waals surface area contributed by atoms with E-state index >= 15 is 0 Å². The highest BCUT2D eigenvalue weighted by Gasteiger charge is 2.38. The third-order valence-corrected chi connectivity index (χ3v) is 6.81. The molecule has 0 radical (unpaired) electrons. The van der Waals surface area contributed by atoms with Gasteiger partial charge in [-0.3, -0.25) is 9.59 Å². The maximum absolute atomic E-state index is 13.2. The van der Waals surface area contributed by atoms with Crippen molar-refractivity contribution >= 4 is 23.4 Å². The molecule has 4 rings (SSSR count). The van der Waals surface area contributed by atoms with Gasteiger partial charge in [0, 0.05) is 28.9 Å². The number of phenols is 1. The molecule has 3 N–H and O–H groups in total. The summed E-state index contributed by atoms with van der Waals surface area (Å²) in [6.07, 6.45) is 2.91. The maximum Gasteiger partial charge on any atom is 0.257 e. The second-order valence-corrected chi connectivity index (χ2v) is 9.06. The highest BCUT2D eigenvalue weighted by molar-refractivity contribution is 7.99. The highest BCUT2D eigenvalue weighted by Crippen LogP contribution is 2.45. The van der Waals surface area contributed by atoms with Gasteiger partial charge in [0.05, 0.1) is 12.7 Å². The van der Waals surface area contributed by atoms with Crippen molar-refractivity contribution in [2.75, 3.05) is 12.4 Å². The van der Waals surface area contributed by atoms with E-state index in [4.69, 9.17) is 4.74 Å². The van der Waals surface area contributed by atoms with Crippen molar-refractivity contribution in [1.82, 2.24) is 9.97 Å². The Kier molecular flexibility index (Phi) is 5.60. The second kappa shape index (κ2) is 8.18. The summed E-state index contributed by atoms with van der Waals surface area (Å²) < 4.78 is 5.26. The van der Waals surface area contributed by atoms with Gasteiger partial charge in [-0.25, -0.2) is 4.98 Å². The number of benzene rings is 1. The first-order valence-corrected chi connectivity index (χ1v) is 11.0. The molecule has 2 atom stereocenters. The molecule has 7 nitrogen and oxygen atoms in total. The predicted octanol–water partition coefficient (Wildman–Crippen LogP) is 3.94. The van der Waals surface area contributed by atoms with E-state index < -0.39 is 5.92 Å². The summed E-state index contributed by atoms with van der Waals surface area (Å²) >= 11 is 1.52. The van der Waals surface area contributed by atoms with E-state index in [1.54, 1.807) is 12.1 Å². The molecule has 8 heteroatoms. The molecule has 0 bridgehead atoms. The number of methoxy groups -OCH3 is 1. The molecular formula is C22H25N3O4S. The number of hydrogen-bond donors (Lipinski definition) is 3. The van der Waals surface area contributed by atoms with E-state index in [2.05, 4.69) is 29.1 Å². The van der Waals surface area contributed by atoms with Crippen molar-refractivity contribution in [2.24, 2.45) is 0 Å². The zero-order valence-electron chi connectivity index (χ0n) is 17.2. The number of ether oxygens (including phenoxy) is 1. The Morgan fingerprint density at radius 1 is 1.33 bits per heavy atom. The summed E-state index contributed by atoms with van der Waals surface area (Å²) in [6.45, 7) is 4.18. The van der Waals surface area contributed by atoms with Gasteiger partial charge in [-0.05, 0) is 37.0 Å². The van der Waals surface area contributed by atoms with Crippen molar-refractivity contribution in [3.8, 4) is 11.5 Å². The Labute approximate surface area is 179 Å². The molecular weight excluding hydrogens is 402 g/mol. The molecule has 158 valence electrons. The van der Waals surface area contributed by atoms with Crippen LogP contribution in [-0.4, -0.2) is 33.2 Å². The Bertz CT molecular complexity index is 1090. The maximum atomic E-state index is 13.2. The number of carbonyl (C=O) groups is 1. The minimum Gasteiger partial charge on any atom is -0.504 e. The number of carbonyl (C=O) groups excluding carboxylic acids is 1. The molecule has 0 saturated carbocycles. The average Bonchev–Trinajstić information content (AvgIpc) is 2.72. The van der Waals surface area contributed by atoms with Crippen LogP contribution < -0.4 is 15.6 Å². The van der Waals surface area contributed by atoms with Crippen molar-refractivity contribution in [1.29, 1.82) is 0 Å². The Balaban J connectivity index is 1.90. The topological polar surface area (TPSA) is 104 Å². The van der Waals surface area contributed by atoms with Crippen molar-refractivity contribution in [2.45, 2.75) is 55.9 Å². The Morgan fingerprint density at radius 2 is 2.13 bits per heavy atom. The van der Waals surface area contributed by atoms with E-state index in [-0.39, 0.29) is 17.1 Å². The van der Waals surface area contributed by atoms with Gasteiger partial charge in [0.15, 0.2) is 22.4 Å². The van der Waals surface area contributed by atoms with Gasteiger partial charge < -0.3 is 20.1 Å². The smallest absolute Gasteiger partial charge is 0.257 e. The minimum absolute atomic E-state index is 0.00640. The number of Topliss-reactive ketones (excluding diaryl/α,β-unsaturated/α-hetero) is 1. The summed E-state index contributed by atoms with van der Waals surface area (Å²) in [5.74, 6) is 0.273. The van der Waals surface area contributed by atoms with Gasteiger partial charge in [-0.2, -0.15) is 0 Å². The molecule has 2 heterocycles. The van der Waals surface area contributed by atoms with Gasteiger partial charge >= 0.3 is 0 Å². The molecule has 2 aliphatic rings. The highest BCUT2D eigenvalue weighted by atomic mass is 32.2. The number of nitrogens with one attached hydrogen (secondary N) is 2. The van der Waals surface area contributed by atoms with E-state index in [0.29, 0.717) is 45.1 Å². The first-order chi connectivity index (χ1) is 14.4. The van der Waals surface area contributed by atoms with Gasteiger partial charge in [-0.15, -0.1) is 0 Å². The van der Waals surface area contributed by atoms with E-state index in [1.165, 1.54) is 24.9 Å². The van der Waals surface area contributed by atoms with Crippen LogP contribution in [-0.2, 0) is 4.79 Å². The van der Waals surface area contributed by atoms with Gasteiger partial charge in [0.2, 0.25) is 0 Å². The monoisotopic (exact) mass is 427 g/mol. The third-order valence-electron chi connectivity index (χ3n) is 5.66. The molecule has 0 spiro atoms. The fourth-order valence-electron chi connectivity index (χ4n) is 3.98. The molecule has 2 unspecified atom stereocenters. The minimum atomic E-state index is -0.558. The molecule has 2 aromatic rings. The Hall–Kier alpha value is -2.74. The van der Waals surface area contributed by atoms with Crippen molar-refractivity contribution in [3.05, 3.63) is 50.9 Å². The quantitative estimate of drug-likeness (QED) is 0.490. The number of H-pyrrole nitrogens is 1. The number of fused-ring (bicyclic) bond motifs is 1. The number of anilines is 1. The molecule has 0 amide bonds. The molecule has 30 heavy (non-hydrogen) atoms. The number of allylic oxidation sites excluding steroid dienone is 2. The number of rotatable bonds is 5. The number of aromatic nitrogens is 2. The van der Waals surface area contributed by atoms with Crippen LogP contribution in [0.4, 0.5) is 5.82 Å². The normalized spacial score (nSPS) is 19.0. The van der Waals surface area contributed by atoms with E-state index in [9.17, 15) is 14.7 Å². The van der Waals surface area contributed by atoms with Crippen LogP contribution in [0.15, 0.2) is 39.4 Å². The van der Waals surface area contributed by atoms with Crippen LogP contribution >= 0.6 is 11.8 Å². The summed E-state index contributed by atoms with van der Waals surface area (Å²) in [5.41, 5.74) is 2.31. The number of nitrogens with zero attached hydrogens (tertiary/aromatic N) is 1. The fourth-order valence-corrected chi connectivity index (χ4v) is 4.82. The predicted molar refractivity (Wildman–Crippen MR) is 116 cm³/mol. The van der Waals surface area contributed by atoms with Crippen molar-refractivity contribution < 1.29 is 14.6 Å². The van der Waals surface area contributed by atoms with E-state index in [1.807, 2.05) is 0 Å². The summed E-state index contributed by atoms with van der Waals surface area (Å²) in [7, 11) is 1.47. The number of thioether (sulfide) groups is 1. The lowest BCUT2D eigenvalue weighted by Crippen LogP contribution is -2.32.